The van der Waals surface area contributed by atoms with Gasteiger partial charge in [-0.2, -0.15) is 13.2 Å². The molecule has 1 fully saturated rings. The Kier molecular flexibility index (Phi) is 4.81. The summed E-state index contributed by atoms with van der Waals surface area (Å²) >= 11 is 0. The first kappa shape index (κ1) is 15.7. The van der Waals surface area contributed by atoms with E-state index >= 15 is 0 Å². The molecule has 0 radical (unpaired) electrons. The van der Waals surface area contributed by atoms with Gasteiger partial charge < -0.3 is 9.64 Å². The minimum atomic E-state index is -4.70. The quantitative estimate of drug-likeness (QED) is 0.773. The van der Waals surface area contributed by atoms with Crippen LogP contribution >= 0.6 is 0 Å². The molecule has 6 nitrogen and oxygen atoms in total. The van der Waals surface area contributed by atoms with E-state index in [2.05, 4.69) is 19.9 Å². The second-order valence-corrected chi connectivity index (χ2v) is 4.78. The molecule has 0 unspecified atom stereocenters. The third-order valence-electron chi connectivity index (χ3n) is 3.30. The largest absolute Gasteiger partial charge is 0.461 e. The maximum atomic E-state index is 13.1. The summed E-state index contributed by atoms with van der Waals surface area (Å²) in [4.78, 5) is 13.6. The molecule has 2 heterocycles. The van der Waals surface area contributed by atoms with Crippen LogP contribution in [0.2, 0.25) is 0 Å². The summed E-state index contributed by atoms with van der Waals surface area (Å²) in [5.41, 5.74) is -1.91. The van der Waals surface area contributed by atoms with Crippen LogP contribution in [0.5, 0.6) is 0 Å². The van der Waals surface area contributed by atoms with Crippen molar-refractivity contribution in [2.24, 2.45) is 0 Å². The molecule has 21 heavy (non-hydrogen) atoms. The summed E-state index contributed by atoms with van der Waals surface area (Å²) in [6.45, 7) is 3.75. The van der Waals surface area contributed by atoms with Crippen LogP contribution in [0.1, 0.15) is 35.9 Å². The van der Waals surface area contributed by atoms with Gasteiger partial charge >= 0.3 is 12.1 Å². The first-order valence-corrected chi connectivity index (χ1v) is 6.83. The Morgan fingerprint density at radius 3 is 2.52 bits per heavy atom. The van der Waals surface area contributed by atoms with E-state index in [-0.39, 0.29) is 13.2 Å². The number of ether oxygens (including phenoxy) is 1. The van der Waals surface area contributed by atoms with Crippen LogP contribution in [0.25, 0.3) is 0 Å². The van der Waals surface area contributed by atoms with Crippen LogP contribution in [0.3, 0.4) is 0 Å². The average Bonchev–Trinajstić information content (AvgIpc) is 3.05. The zero-order valence-corrected chi connectivity index (χ0v) is 11.7. The molecular weight excluding hydrogens is 289 g/mol. The van der Waals surface area contributed by atoms with E-state index in [1.54, 1.807) is 0 Å². The number of rotatable bonds is 5. The van der Waals surface area contributed by atoms with Crippen molar-refractivity contribution in [1.29, 1.82) is 0 Å². The molecule has 1 aromatic heterocycles. The van der Waals surface area contributed by atoms with E-state index in [1.807, 2.05) is 0 Å². The number of carbonyl (C=O) groups excluding carboxylic acids is 1. The summed E-state index contributed by atoms with van der Waals surface area (Å²) in [6, 6.07) is 0. The average molecular weight is 306 g/mol. The van der Waals surface area contributed by atoms with Crippen LogP contribution in [-0.4, -0.2) is 52.1 Å². The Hall–Kier alpha value is -1.64. The normalized spacial score (nSPS) is 16.4. The SMILES string of the molecule is CCOC(=O)c1nnn(CCN2CCCC2)c1C(F)(F)F. The Morgan fingerprint density at radius 2 is 1.95 bits per heavy atom. The summed E-state index contributed by atoms with van der Waals surface area (Å²) in [5, 5.41) is 6.81. The van der Waals surface area contributed by atoms with E-state index in [0.29, 0.717) is 6.54 Å². The van der Waals surface area contributed by atoms with Crippen LogP contribution < -0.4 is 0 Å². The molecule has 1 aromatic rings. The number of nitrogens with zero attached hydrogens (tertiary/aromatic N) is 4. The lowest BCUT2D eigenvalue weighted by Crippen LogP contribution is -2.27. The minimum absolute atomic E-state index is 0.0171. The third kappa shape index (κ3) is 3.72. The van der Waals surface area contributed by atoms with Gasteiger partial charge in [-0.25, -0.2) is 9.48 Å². The Morgan fingerprint density at radius 1 is 1.29 bits per heavy atom. The number of hydrogen-bond acceptors (Lipinski definition) is 5. The number of alkyl halides is 3. The van der Waals surface area contributed by atoms with Crippen LogP contribution in [0.15, 0.2) is 0 Å². The van der Waals surface area contributed by atoms with Crippen molar-refractivity contribution >= 4 is 5.97 Å². The van der Waals surface area contributed by atoms with Gasteiger partial charge in [0, 0.05) is 6.54 Å². The van der Waals surface area contributed by atoms with Crippen molar-refractivity contribution in [3.8, 4) is 0 Å². The molecule has 1 aliphatic heterocycles. The first-order valence-electron chi connectivity index (χ1n) is 6.83. The molecule has 0 bridgehead atoms. The van der Waals surface area contributed by atoms with Crippen LogP contribution in [0.4, 0.5) is 13.2 Å². The van der Waals surface area contributed by atoms with Gasteiger partial charge in [-0.1, -0.05) is 5.21 Å². The van der Waals surface area contributed by atoms with Crippen molar-refractivity contribution < 1.29 is 22.7 Å². The van der Waals surface area contributed by atoms with Gasteiger partial charge in [-0.3, -0.25) is 0 Å². The van der Waals surface area contributed by atoms with Crippen LogP contribution in [0, 0.1) is 0 Å². The number of aromatic nitrogens is 3. The molecular formula is C12H17F3N4O2. The van der Waals surface area contributed by atoms with Crippen molar-refractivity contribution in [3.05, 3.63) is 11.4 Å². The highest BCUT2D eigenvalue weighted by molar-refractivity contribution is 5.88. The third-order valence-corrected chi connectivity index (χ3v) is 3.30. The highest BCUT2D eigenvalue weighted by Crippen LogP contribution is 2.31. The van der Waals surface area contributed by atoms with Crippen molar-refractivity contribution in [2.45, 2.75) is 32.5 Å². The second-order valence-electron chi connectivity index (χ2n) is 4.78. The zero-order valence-electron chi connectivity index (χ0n) is 11.7. The van der Waals surface area contributed by atoms with Gasteiger partial charge in [0.1, 0.15) is 0 Å². The van der Waals surface area contributed by atoms with E-state index < -0.39 is 23.5 Å². The Labute approximate surface area is 119 Å². The fraction of sp³-hybridized carbons (Fsp3) is 0.750. The number of halogens is 3. The van der Waals surface area contributed by atoms with Crippen molar-refractivity contribution in [3.63, 3.8) is 0 Å². The Balaban J connectivity index is 2.18. The first-order chi connectivity index (χ1) is 9.93. The molecule has 0 amide bonds. The molecule has 0 aliphatic carbocycles. The van der Waals surface area contributed by atoms with Gasteiger partial charge in [-0.05, 0) is 32.9 Å². The van der Waals surface area contributed by atoms with Crippen LogP contribution in [-0.2, 0) is 17.5 Å². The number of esters is 1. The second kappa shape index (κ2) is 6.42. The Bertz CT molecular complexity index is 495. The maximum Gasteiger partial charge on any atom is 0.435 e. The molecule has 0 spiro atoms. The molecule has 9 heteroatoms. The summed E-state index contributed by atoms with van der Waals surface area (Å²) in [6.07, 6.45) is -2.59. The fourth-order valence-electron chi connectivity index (χ4n) is 2.33. The predicted octanol–water partition coefficient (Wildman–Crippen LogP) is 1.57. The lowest BCUT2D eigenvalue weighted by Gasteiger charge is -2.16. The number of hydrogen-bond donors (Lipinski definition) is 0. The van der Waals surface area contributed by atoms with Gasteiger partial charge in [0.2, 0.25) is 5.69 Å². The molecule has 0 aromatic carbocycles. The lowest BCUT2D eigenvalue weighted by molar-refractivity contribution is -0.144. The molecule has 1 aliphatic rings. The van der Waals surface area contributed by atoms with Crippen molar-refractivity contribution in [1.82, 2.24) is 19.9 Å². The predicted molar refractivity (Wildman–Crippen MR) is 66.7 cm³/mol. The van der Waals surface area contributed by atoms with Gasteiger partial charge in [0.05, 0.1) is 13.2 Å². The summed E-state index contributed by atoms with van der Waals surface area (Å²) < 4.78 is 44.7. The molecule has 118 valence electrons. The molecule has 2 rings (SSSR count). The minimum Gasteiger partial charge on any atom is -0.461 e. The number of carbonyl (C=O) groups is 1. The fourth-order valence-corrected chi connectivity index (χ4v) is 2.33. The van der Waals surface area contributed by atoms with E-state index in [4.69, 9.17) is 0 Å². The van der Waals surface area contributed by atoms with Crippen molar-refractivity contribution in [2.75, 3.05) is 26.2 Å². The van der Waals surface area contributed by atoms with Gasteiger partial charge in [-0.15, -0.1) is 5.10 Å². The monoisotopic (exact) mass is 306 g/mol. The maximum absolute atomic E-state index is 13.1. The molecule has 0 N–H and O–H groups in total. The lowest BCUT2D eigenvalue weighted by atomic mass is 10.3. The zero-order chi connectivity index (χ0) is 15.5. The van der Waals surface area contributed by atoms with E-state index in [0.717, 1.165) is 30.6 Å². The highest BCUT2D eigenvalue weighted by atomic mass is 19.4. The van der Waals surface area contributed by atoms with E-state index in [9.17, 15) is 18.0 Å². The number of likely N-dealkylation sites (tertiary alicyclic amines) is 1. The molecule has 1 saturated heterocycles. The van der Waals surface area contributed by atoms with E-state index in [1.165, 1.54) is 6.92 Å². The highest BCUT2D eigenvalue weighted by Gasteiger charge is 2.42. The van der Waals surface area contributed by atoms with Gasteiger partial charge in [0.25, 0.3) is 0 Å². The standard InChI is InChI=1S/C12H17F3N4O2/c1-2-21-11(20)9-10(12(13,14)15)19(17-16-9)8-7-18-5-3-4-6-18/h2-8H2,1H3. The smallest absolute Gasteiger partial charge is 0.435 e. The summed E-state index contributed by atoms with van der Waals surface area (Å²) in [5.74, 6) is -1.10. The topological polar surface area (TPSA) is 60.2 Å². The molecule has 0 atom stereocenters. The molecule has 0 saturated carbocycles. The van der Waals surface area contributed by atoms with Gasteiger partial charge in [0.15, 0.2) is 5.69 Å². The summed E-state index contributed by atoms with van der Waals surface area (Å²) in [7, 11) is 0.